The van der Waals surface area contributed by atoms with Gasteiger partial charge in [0.2, 0.25) is 17.5 Å². The predicted octanol–water partition coefficient (Wildman–Crippen LogP) is 5.71. The third-order valence-electron chi connectivity index (χ3n) is 5.27. The van der Waals surface area contributed by atoms with E-state index in [0.29, 0.717) is 46.2 Å². The molecule has 9 heteroatoms. The van der Waals surface area contributed by atoms with E-state index in [1.54, 1.807) is 33.5 Å². The zero-order valence-electron chi connectivity index (χ0n) is 20.4. The molecule has 2 heterocycles. The van der Waals surface area contributed by atoms with E-state index < -0.39 is 0 Å². The van der Waals surface area contributed by atoms with E-state index in [9.17, 15) is 0 Å². The lowest BCUT2D eigenvalue weighted by molar-refractivity contribution is 0.324. The third-order valence-corrected chi connectivity index (χ3v) is 6.17. The molecular formula is C26H28N4O4S. The molecule has 4 rings (SSSR count). The zero-order valence-corrected chi connectivity index (χ0v) is 21.3. The van der Waals surface area contributed by atoms with Gasteiger partial charge in [-0.2, -0.15) is 4.98 Å². The molecule has 2 aromatic heterocycles. The second kappa shape index (κ2) is 11.2. The quantitative estimate of drug-likeness (QED) is 0.258. The Bertz CT molecular complexity index is 1230. The second-order valence-corrected chi connectivity index (χ2v) is 9.26. The van der Waals surface area contributed by atoms with Gasteiger partial charge in [0.15, 0.2) is 11.5 Å². The van der Waals surface area contributed by atoms with Crippen molar-refractivity contribution >= 4 is 11.8 Å². The van der Waals surface area contributed by atoms with Gasteiger partial charge < -0.3 is 18.7 Å². The number of hydrogen-bond acceptors (Lipinski definition) is 9. The maximum Gasteiger partial charge on any atom is 0.237 e. The van der Waals surface area contributed by atoms with Gasteiger partial charge in [-0.1, -0.05) is 55.0 Å². The van der Waals surface area contributed by atoms with Crippen LogP contribution >= 0.6 is 11.8 Å². The topological polar surface area (TPSA) is 92.4 Å². The number of methoxy groups -OCH3 is 3. The van der Waals surface area contributed by atoms with E-state index in [1.807, 2.05) is 12.1 Å². The lowest BCUT2D eigenvalue weighted by Gasteiger charge is -2.12. The first-order valence-corrected chi connectivity index (χ1v) is 12.2. The molecule has 0 spiro atoms. The van der Waals surface area contributed by atoms with E-state index in [0.717, 1.165) is 22.7 Å². The Morgan fingerprint density at radius 2 is 1.57 bits per heavy atom. The molecule has 0 amide bonds. The molecule has 0 radical (unpaired) electrons. The van der Waals surface area contributed by atoms with Crippen molar-refractivity contribution in [1.82, 2.24) is 20.3 Å². The number of ether oxygens (including phenoxy) is 3. The molecule has 8 nitrogen and oxygen atoms in total. The second-order valence-electron chi connectivity index (χ2n) is 8.27. The van der Waals surface area contributed by atoms with Crippen molar-refractivity contribution in [3.05, 3.63) is 60.0 Å². The van der Waals surface area contributed by atoms with E-state index >= 15 is 0 Å². The Labute approximate surface area is 209 Å². The van der Waals surface area contributed by atoms with Crippen LogP contribution in [0.1, 0.15) is 25.3 Å². The molecule has 2 aromatic carbocycles. The van der Waals surface area contributed by atoms with Crippen molar-refractivity contribution < 1.29 is 18.7 Å². The molecule has 0 aliphatic rings. The van der Waals surface area contributed by atoms with E-state index in [1.165, 1.54) is 17.3 Å². The van der Waals surface area contributed by atoms with Crippen LogP contribution in [0.3, 0.4) is 0 Å². The Balaban J connectivity index is 1.41. The van der Waals surface area contributed by atoms with Gasteiger partial charge in [-0.05, 0) is 42.2 Å². The summed E-state index contributed by atoms with van der Waals surface area (Å²) in [7, 11) is 4.68. The molecule has 0 bridgehead atoms. The highest BCUT2D eigenvalue weighted by Gasteiger charge is 2.17. The number of nitrogens with zero attached hydrogens (tertiary/aromatic N) is 4. The van der Waals surface area contributed by atoms with Crippen molar-refractivity contribution in [2.45, 2.75) is 31.0 Å². The molecule has 0 atom stereocenters. The first-order chi connectivity index (χ1) is 17.0. The highest BCUT2D eigenvalue weighted by atomic mass is 32.2. The van der Waals surface area contributed by atoms with Crippen LogP contribution in [0.15, 0.2) is 58.1 Å². The monoisotopic (exact) mass is 492 g/mol. The Morgan fingerprint density at radius 3 is 2.14 bits per heavy atom. The molecule has 0 unspecified atom stereocenters. The minimum atomic E-state index is 0.433. The van der Waals surface area contributed by atoms with Crippen LogP contribution in [0.4, 0.5) is 0 Å². The summed E-state index contributed by atoms with van der Waals surface area (Å²) in [5.41, 5.74) is 3.92. The van der Waals surface area contributed by atoms with Crippen molar-refractivity contribution in [2.75, 3.05) is 21.3 Å². The largest absolute Gasteiger partial charge is 0.493 e. The summed E-state index contributed by atoms with van der Waals surface area (Å²) in [4.78, 5) is 4.50. The average molecular weight is 493 g/mol. The summed E-state index contributed by atoms with van der Waals surface area (Å²) in [5.74, 6) is 3.56. The van der Waals surface area contributed by atoms with Crippen LogP contribution in [-0.4, -0.2) is 41.7 Å². The minimum Gasteiger partial charge on any atom is -0.493 e. The van der Waals surface area contributed by atoms with Crippen molar-refractivity contribution in [2.24, 2.45) is 5.92 Å². The normalized spacial score (nSPS) is 11.0. The van der Waals surface area contributed by atoms with Crippen molar-refractivity contribution in [1.29, 1.82) is 0 Å². The van der Waals surface area contributed by atoms with Crippen molar-refractivity contribution in [3.8, 4) is 39.9 Å². The summed E-state index contributed by atoms with van der Waals surface area (Å²) in [5, 5.41) is 13.6. The summed E-state index contributed by atoms with van der Waals surface area (Å²) in [6.45, 7) is 4.44. The molecule has 182 valence electrons. The molecule has 0 aliphatic heterocycles. The lowest BCUT2D eigenvalue weighted by atomic mass is 10.0. The van der Waals surface area contributed by atoms with Crippen LogP contribution < -0.4 is 14.2 Å². The molecular weight excluding hydrogens is 464 g/mol. The predicted molar refractivity (Wildman–Crippen MR) is 135 cm³/mol. The summed E-state index contributed by atoms with van der Waals surface area (Å²) in [6, 6.07) is 16.0. The Hall–Kier alpha value is -3.59. The smallest absolute Gasteiger partial charge is 0.237 e. The van der Waals surface area contributed by atoms with Crippen LogP contribution in [-0.2, 0) is 12.2 Å². The molecule has 35 heavy (non-hydrogen) atoms. The van der Waals surface area contributed by atoms with Gasteiger partial charge in [-0.15, -0.1) is 10.2 Å². The highest BCUT2D eigenvalue weighted by molar-refractivity contribution is 7.98. The van der Waals surface area contributed by atoms with Gasteiger partial charge in [0, 0.05) is 11.1 Å². The summed E-state index contributed by atoms with van der Waals surface area (Å²) < 4.78 is 21.6. The number of hydrogen-bond donors (Lipinski definition) is 0. The summed E-state index contributed by atoms with van der Waals surface area (Å²) in [6.07, 6.45) is 1.07. The van der Waals surface area contributed by atoms with Crippen LogP contribution in [0.5, 0.6) is 17.2 Å². The van der Waals surface area contributed by atoms with E-state index in [-0.39, 0.29) is 0 Å². The fraction of sp³-hybridized carbons (Fsp3) is 0.308. The molecule has 0 N–H and O–H groups in total. The first-order valence-electron chi connectivity index (χ1n) is 11.2. The third kappa shape index (κ3) is 5.92. The maximum atomic E-state index is 5.43. The number of benzene rings is 2. The molecule has 0 saturated heterocycles. The molecule has 4 aromatic rings. The van der Waals surface area contributed by atoms with Crippen LogP contribution in [0, 0.1) is 5.92 Å². The van der Waals surface area contributed by atoms with Gasteiger partial charge >= 0.3 is 0 Å². The van der Waals surface area contributed by atoms with Gasteiger partial charge in [-0.25, -0.2) is 0 Å². The van der Waals surface area contributed by atoms with E-state index in [4.69, 9.17) is 18.7 Å². The molecule has 0 saturated carbocycles. The maximum absolute atomic E-state index is 5.43. The minimum absolute atomic E-state index is 0.433. The fourth-order valence-corrected chi connectivity index (χ4v) is 4.26. The van der Waals surface area contributed by atoms with Crippen molar-refractivity contribution in [3.63, 3.8) is 0 Å². The number of aromatic nitrogens is 4. The molecule has 0 aliphatic carbocycles. The summed E-state index contributed by atoms with van der Waals surface area (Å²) >= 11 is 1.48. The van der Waals surface area contributed by atoms with Gasteiger partial charge in [0.25, 0.3) is 0 Å². The number of rotatable bonds is 10. The highest BCUT2D eigenvalue weighted by Crippen LogP contribution is 2.40. The average Bonchev–Trinajstić information content (AvgIpc) is 3.36. The first kappa shape index (κ1) is 24.5. The zero-order chi connectivity index (χ0) is 24.8. The Kier molecular flexibility index (Phi) is 7.87. The molecule has 0 fully saturated rings. The standard InChI is InChI=1S/C26H28N4O4S/c1-16(2)12-17-6-8-18(9-7-17)20-10-11-24(29-28-20)35-15-23-27-26(30-34-23)19-13-21(31-3)25(33-5)22(14-19)32-4/h6-11,13-14,16H,12,15H2,1-5H3. The van der Waals surface area contributed by atoms with Gasteiger partial charge in [-0.3, -0.25) is 0 Å². The van der Waals surface area contributed by atoms with Gasteiger partial charge in [0.05, 0.1) is 32.8 Å². The van der Waals surface area contributed by atoms with Gasteiger partial charge in [0.1, 0.15) is 5.03 Å². The number of thioether (sulfide) groups is 1. The lowest BCUT2D eigenvalue weighted by Crippen LogP contribution is -1.96. The van der Waals surface area contributed by atoms with Crippen LogP contribution in [0.25, 0.3) is 22.6 Å². The SMILES string of the molecule is COc1cc(-c2noc(CSc3ccc(-c4ccc(CC(C)C)cc4)nn3)n2)cc(OC)c1OC. The van der Waals surface area contributed by atoms with E-state index in [2.05, 4.69) is 58.5 Å². The Morgan fingerprint density at radius 1 is 0.857 bits per heavy atom. The fourth-order valence-electron chi connectivity index (χ4n) is 3.61. The van der Waals surface area contributed by atoms with Crippen LogP contribution in [0.2, 0.25) is 0 Å².